The molecule has 6 heteroatoms. The van der Waals surface area contributed by atoms with Gasteiger partial charge in [0.05, 0.1) is 22.4 Å². The van der Waals surface area contributed by atoms with Gasteiger partial charge in [0.15, 0.2) is 0 Å². The molecule has 1 atom stereocenters. The number of nitrogens with one attached hydrogen (secondary N) is 1. The molecule has 142 valence electrons. The number of rotatable bonds is 3. The van der Waals surface area contributed by atoms with Crippen LogP contribution in [0, 0.1) is 13.8 Å². The van der Waals surface area contributed by atoms with Crippen LogP contribution in [-0.4, -0.2) is 45.8 Å². The molecular formula is C22H22N4O2. The molecule has 6 nitrogen and oxygen atoms in total. The molecule has 0 bridgehead atoms. The average molecular weight is 374 g/mol. The van der Waals surface area contributed by atoms with Gasteiger partial charge in [-0.1, -0.05) is 30.3 Å². The molecule has 3 aromatic rings. The lowest BCUT2D eigenvalue weighted by Gasteiger charge is -2.35. The van der Waals surface area contributed by atoms with Gasteiger partial charge in [0.2, 0.25) is 5.91 Å². The van der Waals surface area contributed by atoms with Crippen molar-refractivity contribution in [3.05, 3.63) is 71.0 Å². The molecule has 1 fully saturated rings. The highest BCUT2D eigenvalue weighted by molar-refractivity contribution is 6.00. The van der Waals surface area contributed by atoms with Crippen molar-refractivity contribution >= 4 is 22.8 Å². The highest BCUT2D eigenvalue weighted by Crippen LogP contribution is 2.19. The predicted molar refractivity (Wildman–Crippen MR) is 107 cm³/mol. The standard InChI is InChI=1S/C22H22N4O2/c1-14-15(2)25-19-13-17(8-9-18(19)24-14)22(28)26-11-10-23-21(27)20(26)12-16-6-4-3-5-7-16/h3-9,13,20H,10-12H2,1-2H3,(H,23,27)/t20-/m0/s1. The van der Waals surface area contributed by atoms with Gasteiger partial charge >= 0.3 is 0 Å². The van der Waals surface area contributed by atoms with Crippen molar-refractivity contribution in [2.75, 3.05) is 13.1 Å². The maximum absolute atomic E-state index is 13.2. The molecule has 0 spiro atoms. The molecule has 28 heavy (non-hydrogen) atoms. The number of nitrogens with zero attached hydrogens (tertiary/aromatic N) is 3. The summed E-state index contributed by atoms with van der Waals surface area (Å²) in [4.78, 5) is 36.5. The Morgan fingerprint density at radius 3 is 2.54 bits per heavy atom. The molecule has 2 heterocycles. The molecule has 0 radical (unpaired) electrons. The summed E-state index contributed by atoms with van der Waals surface area (Å²) in [6.45, 7) is 4.77. The number of fused-ring (bicyclic) bond motifs is 1. The first-order valence-electron chi connectivity index (χ1n) is 9.40. The van der Waals surface area contributed by atoms with Gasteiger partial charge in [0.1, 0.15) is 6.04 Å². The molecule has 1 aliphatic rings. The third-order valence-electron chi connectivity index (χ3n) is 5.19. The molecule has 2 aromatic carbocycles. The maximum Gasteiger partial charge on any atom is 0.254 e. The van der Waals surface area contributed by atoms with Crippen LogP contribution in [0.15, 0.2) is 48.5 Å². The third-order valence-corrected chi connectivity index (χ3v) is 5.19. The topological polar surface area (TPSA) is 75.2 Å². The van der Waals surface area contributed by atoms with Crippen molar-refractivity contribution in [1.82, 2.24) is 20.2 Å². The van der Waals surface area contributed by atoms with Crippen LogP contribution in [0.2, 0.25) is 0 Å². The van der Waals surface area contributed by atoms with E-state index in [1.807, 2.05) is 50.2 Å². The lowest BCUT2D eigenvalue weighted by Crippen LogP contribution is -2.58. The van der Waals surface area contributed by atoms with Gasteiger partial charge in [-0.05, 0) is 37.6 Å². The van der Waals surface area contributed by atoms with E-state index in [9.17, 15) is 9.59 Å². The van der Waals surface area contributed by atoms with Gasteiger partial charge in [-0.25, -0.2) is 9.97 Å². The van der Waals surface area contributed by atoms with Gasteiger partial charge in [-0.2, -0.15) is 0 Å². The molecule has 1 saturated heterocycles. The molecule has 4 rings (SSSR count). The summed E-state index contributed by atoms with van der Waals surface area (Å²) >= 11 is 0. The molecule has 1 N–H and O–H groups in total. The van der Waals surface area contributed by atoms with Crippen molar-refractivity contribution in [2.24, 2.45) is 0 Å². The second kappa shape index (κ2) is 7.38. The Morgan fingerprint density at radius 2 is 1.79 bits per heavy atom. The van der Waals surface area contributed by atoms with Crippen LogP contribution in [-0.2, 0) is 11.2 Å². The number of aryl methyl sites for hydroxylation is 2. The summed E-state index contributed by atoms with van der Waals surface area (Å²) in [6.07, 6.45) is 0.490. The van der Waals surface area contributed by atoms with Crippen molar-refractivity contribution in [3.8, 4) is 0 Å². The van der Waals surface area contributed by atoms with Gasteiger partial charge in [0.25, 0.3) is 5.91 Å². The van der Waals surface area contributed by atoms with Crippen molar-refractivity contribution in [3.63, 3.8) is 0 Å². The summed E-state index contributed by atoms with van der Waals surface area (Å²) in [5.74, 6) is -0.270. The first-order valence-corrected chi connectivity index (χ1v) is 9.40. The third kappa shape index (κ3) is 3.45. The zero-order valence-electron chi connectivity index (χ0n) is 16.0. The van der Waals surface area contributed by atoms with E-state index in [1.165, 1.54) is 0 Å². The number of carbonyl (C=O) groups excluding carboxylic acids is 2. The van der Waals surface area contributed by atoms with E-state index in [1.54, 1.807) is 17.0 Å². The SMILES string of the molecule is Cc1nc2ccc(C(=O)N3CCNC(=O)[C@@H]3Cc3ccccc3)cc2nc1C. The fourth-order valence-corrected chi connectivity index (χ4v) is 3.53. The number of benzene rings is 2. The number of aromatic nitrogens is 2. The Balaban J connectivity index is 1.65. The Morgan fingerprint density at radius 1 is 1.07 bits per heavy atom. The Labute approximate surface area is 163 Å². The van der Waals surface area contributed by atoms with Crippen molar-refractivity contribution in [2.45, 2.75) is 26.3 Å². The Hall–Kier alpha value is -3.28. The Kier molecular flexibility index (Phi) is 4.77. The monoisotopic (exact) mass is 374 g/mol. The Bertz CT molecular complexity index is 1050. The maximum atomic E-state index is 13.2. The van der Waals surface area contributed by atoms with Crippen LogP contribution in [0.1, 0.15) is 27.3 Å². The second-order valence-corrected chi connectivity index (χ2v) is 7.09. The summed E-state index contributed by atoms with van der Waals surface area (Å²) in [6, 6.07) is 14.6. The van der Waals surface area contributed by atoms with Gasteiger partial charge < -0.3 is 10.2 Å². The lowest BCUT2D eigenvalue weighted by molar-refractivity contribution is -0.127. The normalized spacial score (nSPS) is 16.9. The molecule has 0 unspecified atom stereocenters. The number of piperazine rings is 1. The van der Waals surface area contributed by atoms with Gasteiger partial charge in [-0.3, -0.25) is 9.59 Å². The molecule has 1 aromatic heterocycles. The molecule has 2 amide bonds. The van der Waals surface area contributed by atoms with E-state index >= 15 is 0 Å². The number of hydrogen-bond donors (Lipinski definition) is 1. The fourth-order valence-electron chi connectivity index (χ4n) is 3.53. The fraction of sp³-hybridized carbons (Fsp3) is 0.273. The lowest BCUT2D eigenvalue weighted by atomic mass is 10.0. The number of hydrogen-bond acceptors (Lipinski definition) is 4. The van der Waals surface area contributed by atoms with Crippen molar-refractivity contribution in [1.29, 1.82) is 0 Å². The van der Waals surface area contributed by atoms with E-state index in [0.717, 1.165) is 22.5 Å². The molecule has 0 saturated carbocycles. The smallest absolute Gasteiger partial charge is 0.254 e. The van der Waals surface area contributed by atoms with E-state index in [4.69, 9.17) is 0 Å². The minimum Gasteiger partial charge on any atom is -0.353 e. The average Bonchev–Trinajstić information content (AvgIpc) is 2.70. The van der Waals surface area contributed by atoms with Crippen LogP contribution < -0.4 is 5.32 Å². The molecular weight excluding hydrogens is 352 g/mol. The summed E-state index contributed by atoms with van der Waals surface area (Å²) in [7, 11) is 0. The molecule has 0 aliphatic carbocycles. The number of carbonyl (C=O) groups is 2. The predicted octanol–water partition coefficient (Wildman–Crippen LogP) is 2.43. The van der Waals surface area contributed by atoms with Crippen LogP contribution in [0.25, 0.3) is 11.0 Å². The largest absolute Gasteiger partial charge is 0.353 e. The van der Waals surface area contributed by atoms with E-state index in [0.29, 0.717) is 30.6 Å². The number of amides is 2. The minimum absolute atomic E-state index is 0.115. The first-order chi connectivity index (χ1) is 13.5. The van der Waals surface area contributed by atoms with Gasteiger partial charge in [0, 0.05) is 25.1 Å². The zero-order valence-corrected chi connectivity index (χ0v) is 16.0. The minimum atomic E-state index is -0.523. The quantitative estimate of drug-likeness (QED) is 0.764. The summed E-state index contributed by atoms with van der Waals surface area (Å²) in [5.41, 5.74) is 4.72. The van der Waals surface area contributed by atoms with Gasteiger partial charge in [-0.15, -0.1) is 0 Å². The second-order valence-electron chi connectivity index (χ2n) is 7.09. The van der Waals surface area contributed by atoms with Crippen LogP contribution in [0.3, 0.4) is 0 Å². The zero-order chi connectivity index (χ0) is 19.7. The highest BCUT2D eigenvalue weighted by Gasteiger charge is 2.33. The van der Waals surface area contributed by atoms with Crippen LogP contribution in [0.5, 0.6) is 0 Å². The highest BCUT2D eigenvalue weighted by atomic mass is 16.2. The molecule has 1 aliphatic heterocycles. The van der Waals surface area contributed by atoms with Crippen LogP contribution in [0.4, 0.5) is 0 Å². The first kappa shape index (κ1) is 18.1. The summed E-state index contributed by atoms with van der Waals surface area (Å²) in [5, 5.41) is 2.88. The van der Waals surface area contributed by atoms with E-state index in [-0.39, 0.29) is 11.8 Å². The van der Waals surface area contributed by atoms with Crippen molar-refractivity contribution < 1.29 is 9.59 Å². The summed E-state index contributed by atoms with van der Waals surface area (Å²) < 4.78 is 0. The van der Waals surface area contributed by atoms with E-state index in [2.05, 4.69) is 15.3 Å². The van der Waals surface area contributed by atoms with E-state index < -0.39 is 6.04 Å². The van der Waals surface area contributed by atoms with Crippen LogP contribution >= 0.6 is 0 Å².